The number of carbonyl (C=O) groups excluding carboxylic acids is 2. The zero-order chi connectivity index (χ0) is 12.7. The molecule has 0 aliphatic heterocycles. The van der Waals surface area contributed by atoms with Crippen molar-refractivity contribution in [1.82, 2.24) is 0 Å². The number of benzene rings is 1. The van der Waals surface area contributed by atoms with Crippen molar-refractivity contribution in [1.29, 1.82) is 0 Å². The number of rotatable bonds is 6. The van der Waals surface area contributed by atoms with Crippen LogP contribution in [0.25, 0.3) is 0 Å². The summed E-state index contributed by atoms with van der Waals surface area (Å²) in [7, 11) is 0. The first kappa shape index (κ1) is 13.4. The second-order valence-electron chi connectivity index (χ2n) is 3.84. The van der Waals surface area contributed by atoms with E-state index in [1.807, 2.05) is 37.3 Å². The molecule has 0 aliphatic rings. The van der Waals surface area contributed by atoms with Crippen LogP contribution in [-0.2, 0) is 20.7 Å². The van der Waals surface area contributed by atoms with Crippen LogP contribution >= 0.6 is 0 Å². The normalized spacial score (nSPS) is 11.9. The molecule has 0 aliphatic carbocycles. The minimum Gasteiger partial charge on any atom is -0.465 e. The molecule has 3 heteroatoms. The van der Waals surface area contributed by atoms with E-state index in [2.05, 4.69) is 0 Å². The van der Waals surface area contributed by atoms with Crippen molar-refractivity contribution in [2.75, 3.05) is 6.61 Å². The maximum atomic E-state index is 12.0. The summed E-state index contributed by atoms with van der Waals surface area (Å²) in [6.45, 7) is 3.88. The highest BCUT2D eigenvalue weighted by Crippen LogP contribution is 2.11. The van der Waals surface area contributed by atoms with E-state index in [9.17, 15) is 9.59 Å². The molecule has 0 heterocycles. The number of hydrogen-bond donors (Lipinski definition) is 0. The summed E-state index contributed by atoms with van der Waals surface area (Å²) in [4.78, 5) is 23.5. The Kier molecular flexibility index (Phi) is 5.40. The fourth-order valence-corrected chi connectivity index (χ4v) is 1.69. The van der Waals surface area contributed by atoms with Crippen molar-refractivity contribution < 1.29 is 14.3 Å². The third-order valence-corrected chi connectivity index (χ3v) is 2.59. The van der Waals surface area contributed by atoms with E-state index in [0.717, 1.165) is 5.56 Å². The van der Waals surface area contributed by atoms with E-state index >= 15 is 0 Å². The maximum Gasteiger partial charge on any atom is 0.316 e. The molecule has 17 heavy (non-hydrogen) atoms. The Hall–Kier alpha value is -1.64. The second kappa shape index (κ2) is 6.84. The van der Waals surface area contributed by atoms with Gasteiger partial charge in [-0.25, -0.2) is 0 Å². The molecule has 0 saturated carbocycles. The lowest BCUT2D eigenvalue weighted by Gasteiger charge is -2.12. The molecule has 0 spiro atoms. The van der Waals surface area contributed by atoms with Gasteiger partial charge in [-0.05, 0) is 18.9 Å². The minimum absolute atomic E-state index is 0.0721. The average molecular weight is 234 g/mol. The van der Waals surface area contributed by atoms with E-state index < -0.39 is 11.9 Å². The molecule has 1 atom stereocenters. The van der Waals surface area contributed by atoms with Gasteiger partial charge in [0.25, 0.3) is 0 Å². The van der Waals surface area contributed by atoms with Crippen LogP contribution in [0.2, 0.25) is 0 Å². The molecule has 0 saturated heterocycles. The summed E-state index contributed by atoms with van der Waals surface area (Å²) in [6, 6.07) is 9.43. The SMILES string of the molecule is CCOC(=O)[C@H](CC)C(=O)Cc1ccccc1. The molecule has 0 unspecified atom stereocenters. The van der Waals surface area contributed by atoms with Crippen molar-refractivity contribution in [3.63, 3.8) is 0 Å². The van der Waals surface area contributed by atoms with Crippen LogP contribution in [0.5, 0.6) is 0 Å². The van der Waals surface area contributed by atoms with Crippen LogP contribution in [0.1, 0.15) is 25.8 Å². The molecule has 0 amide bonds. The average Bonchev–Trinajstić information content (AvgIpc) is 2.31. The molecule has 0 N–H and O–H groups in total. The molecule has 1 aromatic carbocycles. The molecular formula is C14H18O3. The first-order chi connectivity index (χ1) is 8.19. The van der Waals surface area contributed by atoms with Gasteiger partial charge < -0.3 is 4.74 Å². The predicted octanol–water partition coefficient (Wildman–Crippen LogP) is 2.39. The van der Waals surface area contributed by atoms with Gasteiger partial charge in [0.1, 0.15) is 5.92 Å². The Labute approximate surface area is 102 Å². The summed E-state index contributed by atoms with van der Waals surface area (Å²) in [5.74, 6) is -1.11. The number of ether oxygens (including phenoxy) is 1. The standard InChI is InChI=1S/C14H18O3/c1-3-12(14(16)17-4-2)13(15)10-11-8-6-5-7-9-11/h5-9,12H,3-4,10H2,1-2H3/t12-/m1/s1. The quantitative estimate of drug-likeness (QED) is 0.560. The smallest absolute Gasteiger partial charge is 0.316 e. The Morgan fingerprint density at radius 3 is 2.35 bits per heavy atom. The fourth-order valence-electron chi connectivity index (χ4n) is 1.69. The fraction of sp³-hybridized carbons (Fsp3) is 0.429. The van der Waals surface area contributed by atoms with Crippen LogP contribution in [0.15, 0.2) is 30.3 Å². The second-order valence-corrected chi connectivity index (χ2v) is 3.84. The van der Waals surface area contributed by atoms with E-state index in [1.165, 1.54) is 0 Å². The molecule has 0 radical (unpaired) electrons. The zero-order valence-electron chi connectivity index (χ0n) is 10.3. The lowest BCUT2D eigenvalue weighted by molar-refractivity contribution is -0.151. The first-order valence-corrected chi connectivity index (χ1v) is 5.92. The van der Waals surface area contributed by atoms with E-state index in [-0.39, 0.29) is 12.2 Å². The molecule has 92 valence electrons. The van der Waals surface area contributed by atoms with Gasteiger partial charge in [-0.15, -0.1) is 0 Å². The van der Waals surface area contributed by atoms with E-state index in [0.29, 0.717) is 13.0 Å². The summed E-state index contributed by atoms with van der Waals surface area (Å²) < 4.78 is 4.89. The molecule has 1 rings (SSSR count). The predicted molar refractivity (Wildman–Crippen MR) is 65.6 cm³/mol. The molecule has 1 aromatic rings. The van der Waals surface area contributed by atoms with Gasteiger partial charge in [-0.3, -0.25) is 9.59 Å². The van der Waals surface area contributed by atoms with Crippen molar-refractivity contribution >= 4 is 11.8 Å². The Morgan fingerprint density at radius 2 is 1.82 bits per heavy atom. The largest absolute Gasteiger partial charge is 0.465 e. The number of Topliss-reactive ketones (excluding diaryl/α,β-unsaturated/α-hetero) is 1. The monoisotopic (exact) mass is 234 g/mol. The zero-order valence-corrected chi connectivity index (χ0v) is 10.3. The number of esters is 1. The number of hydrogen-bond acceptors (Lipinski definition) is 3. The third kappa shape index (κ3) is 4.02. The summed E-state index contributed by atoms with van der Waals surface area (Å²) in [5.41, 5.74) is 0.931. The molecule has 3 nitrogen and oxygen atoms in total. The van der Waals surface area contributed by atoms with Gasteiger partial charge in [0, 0.05) is 6.42 Å². The Bertz CT molecular complexity index is 370. The van der Waals surface area contributed by atoms with Crippen LogP contribution in [0.3, 0.4) is 0 Å². The lowest BCUT2D eigenvalue weighted by Crippen LogP contribution is -2.26. The molecular weight excluding hydrogens is 216 g/mol. The van der Waals surface area contributed by atoms with Crippen molar-refractivity contribution in [3.05, 3.63) is 35.9 Å². The Balaban J connectivity index is 2.64. The summed E-state index contributed by atoms with van der Waals surface area (Å²) >= 11 is 0. The third-order valence-electron chi connectivity index (χ3n) is 2.59. The van der Waals surface area contributed by atoms with Crippen LogP contribution in [0, 0.1) is 5.92 Å². The minimum atomic E-state index is -0.629. The Morgan fingerprint density at radius 1 is 1.18 bits per heavy atom. The van der Waals surface area contributed by atoms with Gasteiger partial charge in [0.2, 0.25) is 0 Å². The first-order valence-electron chi connectivity index (χ1n) is 5.92. The molecule has 0 bridgehead atoms. The highest BCUT2D eigenvalue weighted by atomic mass is 16.5. The van der Waals surface area contributed by atoms with Crippen molar-refractivity contribution in [2.45, 2.75) is 26.7 Å². The van der Waals surface area contributed by atoms with Gasteiger partial charge in [-0.1, -0.05) is 37.3 Å². The van der Waals surface area contributed by atoms with Crippen LogP contribution in [-0.4, -0.2) is 18.4 Å². The number of ketones is 1. The van der Waals surface area contributed by atoms with Crippen molar-refractivity contribution in [2.24, 2.45) is 5.92 Å². The van der Waals surface area contributed by atoms with Crippen LogP contribution < -0.4 is 0 Å². The number of carbonyl (C=O) groups is 2. The van der Waals surface area contributed by atoms with Gasteiger partial charge in [0.05, 0.1) is 6.61 Å². The molecule has 0 aromatic heterocycles. The molecule has 0 fully saturated rings. The summed E-state index contributed by atoms with van der Waals surface area (Å²) in [6.07, 6.45) is 0.780. The van der Waals surface area contributed by atoms with Gasteiger partial charge in [-0.2, -0.15) is 0 Å². The lowest BCUT2D eigenvalue weighted by atomic mass is 9.96. The highest BCUT2D eigenvalue weighted by Gasteiger charge is 2.25. The highest BCUT2D eigenvalue weighted by molar-refractivity contribution is 5.99. The van der Waals surface area contributed by atoms with Crippen LogP contribution in [0.4, 0.5) is 0 Å². The van der Waals surface area contributed by atoms with Crippen molar-refractivity contribution in [3.8, 4) is 0 Å². The summed E-state index contributed by atoms with van der Waals surface area (Å²) in [5, 5.41) is 0. The van der Waals surface area contributed by atoms with Gasteiger partial charge >= 0.3 is 5.97 Å². The van der Waals surface area contributed by atoms with Gasteiger partial charge in [0.15, 0.2) is 5.78 Å². The topological polar surface area (TPSA) is 43.4 Å². The van der Waals surface area contributed by atoms with E-state index in [4.69, 9.17) is 4.74 Å². The van der Waals surface area contributed by atoms with E-state index in [1.54, 1.807) is 6.92 Å². The maximum absolute atomic E-state index is 12.0.